The molecule has 1 unspecified atom stereocenters. The van der Waals surface area contributed by atoms with Crippen LogP contribution < -0.4 is 10.6 Å². The summed E-state index contributed by atoms with van der Waals surface area (Å²) >= 11 is 4.39. The van der Waals surface area contributed by atoms with Gasteiger partial charge in [-0.2, -0.15) is 5.10 Å². The first kappa shape index (κ1) is 19.3. The summed E-state index contributed by atoms with van der Waals surface area (Å²) in [7, 11) is 0. The molecule has 1 aliphatic heterocycles. The van der Waals surface area contributed by atoms with Crippen molar-refractivity contribution in [2.45, 2.75) is 18.6 Å². The van der Waals surface area contributed by atoms with Gasteiger partial charge in [0.05, 0.1) is 11.4 Å². The molecule has 1 saturated heterocycles. The largest absolute Gasteiger partial charge is 0.377 e. The zero-order valence-corrected chi connectivity index (χ0v) is 16.9. The van der Waals surface area contributed by atoms with E-state index in [1.54, 1.807) is 24.3 Å². The van der Waals surface area contributed by atoms with Crippen molar-refractivity contribution in [3.63, 3.8) is 0 Å². The van der Waals surface area contributed by atoms with Gasteiger partial charge in [-0.05, 0) is 36.8 Å². The van der Waals surface area contributed by atoms with Crippen LogP contribution in [0.2, 0.25) is 0 Å². The minimum Gasteiger partial charge on any atom is -0.377 e. The van der Waals surface area contributed by atoms with Crippen LogP contribution in [0.15, 0.2) is 69.3 Å². The molecule has 6 nitrogen and oxygen atoms in total. The van der Waals surface area contributed by atoms with Gasteiger partial charge in [-0.15, -0.1) is 5.10 Å². The molecule has 1 atom stereocenters. The molecule has 27 heavy (non-hydrogen) atoms. The lowest BCUT2D eigenvalue weighted by molar-refractivity contribution is -0.121. The Labute approximate surface area is 169 Å². The topological polar surface area (TPSA) is 88.1 Å². The standard InChI is InChI=1S/C19H17BrN4O2S/c1-12(13-5-3-2-4-6-13)22-23-19(21)27-16-11-17(25)24(18(16)26)15-9-7-14(20)8-10-15/h2-10,16H,11H2,1H3,(H2,21,23)/b22-12-. The van der Waals surface area contributed by atoms with Gasteiger partial charge in [0.2, 0.25) is 11.8 Å². The fourth-order valence-corrected chi connectivity index (χ4v) is 3.66. The Kier molecular flexibility index (Phi) is 6.08. The van der Waals surface area contributed by atoms with Gasteiger partial charge in [0, 0.05) is 10.9 Å². The van der Waals surface area contributed by atoms with E-state index in [0.717, 1.165) is 21.8 Å². The summed E-state index contributed by atoms with van der Waals surface area (Å²) in [6.45, 7) is 1.83. The van der Waals surface area contributed by atoms with Crippen LogP contribution >= 0.6 is 27.7 Å². The van der Waals surface area contributed by atoms with Crippen molar-refractivity contribution in [3.8, 4) is 0 Å². The third-order valence-electron chi connectivity index (χ3n) is 3.94. The number of nitrogens with zero attached hydrogens (tertiary/aromatic N) is 3. The predicted octanol–water partition coefficient (Wildman–Crippen LogP) is 3.55. The van der Waals surface area contributed by atoms with Crippen LogP contribution in [-0.2, 0) is 9.59 Å². The maximum atomic E-state index is 12.6. The normalized spacial score (nSPS) is 18.3. The van der Waals surface area contributed by atoms with Crippen LogP contribution in [-0.4, -0.2) is 27.9 Å². The number of nitrogens with two attached hydrogens (primary N) is 1. The number of carbonyl (C=O) groups excluding carboxylic acids is 2. The van der Waals surface area contributed by atoms with Gasteiger partial charge >= 0.3 is 0 Å². The fraction of sp³-hybridized carbons (Fsp3) is 0.158. The lowest BCUT2D eigenvalue weighted by atomic mass is 10.1. The smallest absolute Gasteiger partial charge is 0.247 e. The summed E-state index contributed by atoms with van der Waals surface area (Å²) in [4.78, 5) is 26.1. The van der Waals surface area contributed by atoms with E-state index in [2.05, 4.69) is 26.1 Å². The van der Waals surface area contributed by atoms with Crippen molar-refractivity contribution in [3.05, 3.63) is 64.6 Å². The molecule has 1 heterocycles. The van der Waals surface area contributed by atoms with Crippen molar-refractivity contribution in [2.24, 2.45) is 15.9 Å². The molecule has 3 rings (SSSR count). The summed E-state index contributed by atoms with van der Waals surface area (Å²) in [5, 5.41) is 7.65. The molecule has 1 aliphatic rings. The van der Waals surface area contributed by atoms with E-state index in [-0.39, 0.29) is 23.4 Å². The van der Waals surface area contributed by atoms with E-state index in [1.165, 1.54) is 4.90 Å². The third kappa shape index (κ3) is 4.64. The number of imide groups is 1. The number of thioether (sulfide) groups is 1. The summed E-state index contributed by atoms with van der Waals surface area (Å²) in [6, 6.07) is 16.6. The van der Waals surface area contributed by atoms with Crippen LogP contribution in [0.5, 0.6) is 0 Å². The lowest BCUT2D eigenvalue weighted by Gasteiger charge is -2.14. The van der Waals surface area contributed by atoms with Gasteiger partial charge in [-0.3, -0.25) is 9.59 Å². The average molecular weight is 445 g/mol. The second-order valence-corrected chi connectivity index (χ2v) is 7.98. The molecule has 0 aromatic heterocycles. The van der Waals surface area contributed by atoms with E-state index in [0.29, 0.717) is 11.4 Å². The first-order valence-corrected chi connectivity index (χ1v) is 9.85. The molecule has 0 saturated carbocycles. The quantitative estimate of drug-likeness (QED) is 0.338. The average Bonchev–Trinajstić information content (AvgIpc) is 2.94. The van der Waals surface area contributed by atoms with Gasteiger partial charge in [-0.25, -0.2) is 4.90 Å². The number of amidine groups is 1. The Bertz CT molecular complexity index is 913. The van der Waals surface area contributed by atoms with Crippen LogP contribution in [0.4, 0.5) is 5.69 Å². The summed E-state index contributed by atoms with van der Waals surface area (Å²) in [6.07, 6.45) is 0.0805. The molecule has 0 radical (unpaired) electrons. The maximum Gasteiger partial charge on any atom is 0.247 e. The zero-order chi connectivity index (χ0) is 19.4. The number of anilines is 1. The number of amides is 2. The second kappa shape index (κ2) is 8.49. The number of carbonyl (C=O) groups is 2. The van der Waals surface area contributed by atoms with E-state index in [1.807, 2.05) is 37.3 Å². The minimum atomic E-state index is -0.600. The second-order valence-electron chi connectivity index (χ2n) is 5.84. The molecule has 2 amide bonds. The minimum absolute atomic E-state index is 0.0805. The first-order valence-electron chi connectivity index (χ1n) is 8.18. The molecule has 1 fully saturated rings. The van der Waals surface area contributed by atoms with Crippen molar-refractivity contribution < 1.29 is 9.59 Å². The molecule has 0 spiro atoms. The molecular formula is C19H17BrN4O2S. The molecule has 2 aromatic rings. The fourth-order valence-electron chi connectivity index (χ4n) is 2.59. The van der Waals surface area contributed by atoms with E-state index >= 15 is 0 Å². The van der Waals surface area contributed by atoms with Gasteiger partial charge in [0.25, 0.3) is 0 Å². The summed E-state index contributed by atoms with van der Waals surface area (Å²) in [5.41, 5.74) is 8.11. The predicted molar refractivity (Wildman–Crippen MR) is 113 cm³/mol. The van der Waals surface area contributed by atoms with Gasteiger partial charge in [0.1, 0.15) is 5.25 Å². The Morgan fingerprint density at radius 2 is 1.78 bits per heavy atom. The van der Waals surface area contributed by atoms with Crippen molar-refractivity contribution in [2.75, 3.05) is 4.90 Å². The molecule has 2 N–H and O–H groups in total. The summed E-state index contributed by atoms with van der Waals surface area (Å²) < 4.78 is 0.874. The Morgan fingerprint density at radius 1 is 1.11 bits per heavy atom. The summed E-state index contributed by atoms with van der Waals surface area (Å²) in [5.74, 6) is -0.550. The highest BCUT2D eigenvalue weighted by atomic mass is 79.9. The van der Waals surface area contributed by atoms with Gasteiger partial charge in [0.15, 0.2) is 5.17 Å². The zero-order valence-electron chi connectivity index (χ0n) is 14.5. The van der Waals surface area contributed by atoms with Crippen molar-refractivity contribution in [1.29, 1.82) is 0 Å². The SMILES string of the molecule is C/C(=N/N=C(\N)SC1CC(=O)N(c2ccc(Br)cc2)C1=O)c1ccccc1. The molecule has 0 aliphatic carbocycles. The van der Waals surface area contributed by atoms with Crippen LogP contribution in [0.25, 0.3) is 0 Å². The monoisotopic (exact) mass is 444 g/mol. The number of benzene rings is 2. The van der Waals surface area contributed by atoms with E-state index < -0.39 is 5.25 Å². The van der Waals surface area contributed by atoms with Gasteiger partial charge in [-0.1, -0.05) is 58.0 Å². The van der Waals surface area contributed by atoms with Crippen LogP contribution in [0, 0.1) is 0 Å². The maximum absolute atomic E-state index is 12.6. The Balaban J connectivity index is 1.69. The number of halogens is 1. The number of rotatable bonds is 4. The Hall–Kier alpha value is -2.45. The molecule has 8 heteroatoms. The Morgan fingerprint density at radius 3 is 2.44 bits per heavy atom. The molecule has 0 bridgehead atoms. The van der Waals surface area contributed by atoms with E-state index in [9.17, 15) is 9.59 Å². The highest BCUT2D eigenvalue weighted by molar-refractivity contribution is 9.10. The van der Waals surface area contributed by atoms with Crippen LogP contribution in [0.3, 0.4) is 0 Å². The first-order chi connectivity index (χ1) is 13.0. The lowest BCUT2D eigenvalue weighted by Crippen LogP contribution is -2.31. The highest BCUT2D eigenvalue weighted by Crippen LogP contribution is 2.30. The van der Waals surface area contributed by atoms with Gasteiger partial charge < -0.3 is 5.73 Å². The number of hydrogen-bond donors (Lipinski definition) is 1. The number of hydrogen-bond acceptors (Lipinski definition) is 5. The molecule has 138 valence electrons. The van der Waals surface area contributed by atoms with Crippen LogP contribution in [0.1, 0.15) is 18.9 Å². The van der Waals surface area contributed by atoms with Crippen molar-refractivity contribution in [1.82, 2.24) is 0 Å². The van der Waals surface area contributed by atoms with E-state index in [4.69, 9.17) is 5.73 Å². The molecule has 2 aromatic carbocycles. The van der Waals surface area contributed by atoms with Crippen molar-refractivity contribution >= 4 is 56.1 Å². The third-order valence-corrected chi connectivity index (χ3v) is 5.45. The highest BCUT2D eigenvalue weighted by Gasteiger charge is 2.40. The molecular weight excluding hydrogens is 428 g/mol.